The molecule has 0 radical (unpaired) electrons. The molecule has 0 saturated carbocycles. The molecular weight excluding hydrogens is 385 g/mol. The van der Waals surface area contributed by atoms with E-state index in [-0.39, 0.29) is 17.0 Å². The van der Waals surface area contributed by atoms with Gasteiger partial charge in [0, 0.05) is 31.0 Å². The van der Waals surface area contributed by atoms with Gasteiger partial charge >= 0.3 is 0 Å². The molecule has 30 heavy (non-hydrogen) atoms. The molecule has 0 bridgehead atoms. The van der Waals surface area contributed by atoms with Crippen LogP contribution in [-0.2, 0) is 0 Å². The Kier molecular flexibility index (Phi) is 4.27. The lowest BCUT2D eigenvalue weighted by atomic mass is 9.86. The molecule has 2 aromatic heterocycles. The zero-order valence-corrected chi connectivity index (χ0v) is 16.9. The van der Waals surface area contributed by atoms with E-state index in [1.54, 1.807) is 12.1 Å². The molecule has 1 spiro atoms. The first-order valence-electron chi connectivity index (χ1n) is 10.0. The number of likely N-dealkylation sites (tertiary alicyclic amines) is 1. The van der Waals surface area contributed by atoms with E-state index < -0.39 is 5.82 Å². The minimum absolute atomic E-state index is 0.0103. The van der Waals surface area contributed by atoms with Gasteiger partial charge < -0.3 is 9.80 Å². The predicted molar refractivity (Wildman–Crippen MR) is 108 cm³/mol. The highest BCUT2D eigenvalue weighted by atomic mass is 19.1. The lowest BCUT2D eigenvalue weighted by Gasteiger charge is -2.52. The van der Waals surface area contributed by atoms with Gasteiger partial charge in [-0.05, 0) is 44.9 Å². The van der Waals surface area contributed by atoms with Gasteiger partial charge in [0.05, 0.1) is 17.9 Å². The average molecular weight is 407 g/mol. The standard InChI is InChI=1S/C21H22FN7O/c1-14-11-15(2)26-20(25-14)27-12-21(13-27)7-4-10-28(21)19(30)18-16(22)5-3-6-17(18)29-23-8-9-24-29/h3,5-6,8-9,11H,4,7,10,12-13H2,1-2H3. The smallest absolute Gasteiger partial charge is 0.259 e. The molecule has 5 rings (SSSR count). The highest BCUT2D eigenvalue weighted by molar-refractivity contribution is 5.99. The molecule has 2 aliphatic heterocycles. The highest BCUT2D eigenvalue weighted by Crippen LogP contribution is 2.40. The molecule has 2 aliphatic rings. The van der Waals surface area contributed by atoms with Crippen molar-refractivity contribution in [1.82, 2.24) is 29.9 Å². The van der Waals surface area contributed by atoms with Gasteiger partial charge in [0.25, 0.3) is 5.91 Å². The van der Waals surface area contributed by atoms with E-state index in [9.17, 15) is 9.18 Å². The fraction of sp³-hybridized carbons (Fsp3) is 0.381. The molecule has 0 unspecified atom stereocenters. The number of hydrogen-bond donors (Lipinski definition) is 0. The van der Waals surface area contributed by atoms with Gasteiger partial charge in [-0.15, -0.1) is 0 Å². The van der Waals surface area contributed by atoms with Crippen molar-refractivity contribution < 1.29 is 9.18 Å². The molecule has 4 heterocycles. The van der Waals surface area contributed by atoms with Gasteiger partial charge in [0.1, 0.15) is 17.1 Å². The van der Waals surface area contributed by atoms with Gasteiger partial charge in [-0.25, -0.2) is 14.4 Å². The van der Waals surface area contributed by atoms with Gasteiger partial charge in [0.15, 0.2) is 0 Å². The summed E-state index contributed by atoms with van der Waals surface area (Å²) in [6.45, 7) is 5.78. The topological polar surface area (TPSA) is 80.0 Å². The predicted octanol–water partition coefficient (Wildman–Crippen LogP) is 2.31. The van der Waals surface area contributed by atoms with Crippen LogP contribution in [0.1, 0.15) is 34.6 Å². The van der Waals surface area contributed by atoms with Crippen molar-refractivity contribution in [3.63, 3.8) is 0 Å². The van der Waals surface area contributed by atoms with Crippen molar-refractivity contribution in [2.24, 2.45) is 0 Å². The Balaban J connectivity index is 1.44. The molecule has 1 amide bonds. The largest absolute Gasteiger partial charge is 0.336 e. The third-order valence-corrected chi connectivity index (χ3v) is 5.90. The summed E-state index contributed by atoms with van der Waals surface area (Å²) >= 11 is 0. The van der Waals surface area contributed by atoms with Gasteiger partial charge in [-0.3, -0.25) is 4.79 Å². The number of amides is 1. The second-order valence-corrected chi connectivity index (χ2v) is 8.04. The Morgan fingerprint density at radius 3 is 2.50 bits per heavy atom. The van der Waals surface area contributed by atoms with E-state index in [4.69, 9.17) is 0 Å². The number of hydrogen-bond acceptors (Lipinski definition) is 6. The number of benzene rings is 1. The van der Waals surface area contributed by atoms with Crippen molar-refractivity contribution in [2.45, 2.75) is 32.2 Å². The number of carbonyl (C=O) groups excluding carboxylic acids is 1. The van der Waals surface area contributed by atoms with Crippen LogP contribution in [0.25, 0.3) is 5.69 Å². The number of aromatic nitrogens is 5. The maximum atomic E-state index is 14.8. The quantitative estimate of drug-likeness (QED) is 0.663. The van der Waals surface area contributed by atoms with Crippen LogP contribution < -0.4 is 4.90 Å². The Hall–Kier alpha value is -3.36. The zero-order valence-electron chi connectivity index (χ0n) is 16.9. The van der Waals surface area contributed by atoms with Crippen LogP contribution in [0, 0.1) is 19.7 Å². The van der Waals surface area contributed by atoms with Crippen molar-refractivity contribution >= 4 is 11.9 Å². The van der Waals surface area contributed by atoms with E-state index >= 15 is 0 Å². The molecule has 0 N–H and O–H groups in total. The maximum Gasteiger partial charge on any atom is 0.259 e. The molecule has 0 atom stereocenters. The zero-order chi connectivity index (χ0) is 20.9. The molecule has 2 fully saturated rings. The number of nitrogens with zero attached hydrogens (tertiary/aromatic N) is 7. The summed E-state index contributed by atoms with van der Waals surface area (Å²) in [5.74, 6) is -0.200. The molecule has 2 saturated heterocycles. The number of anilines is 1. The summed E-state index contributed by atoms with van der Waals surface area (Å²) in [5, 5.41) is 8.16. The van der Waals surface area contributed by atoms with Crippen molar-refractivity contribution in [3.8, 4) is 5.69 Å². The lowest BCUT2D eigenvalue weighted by Crippen LogP contribution is -2.69. The number of carbonyl (C=O) groups is 1. The first-order chi connectivity index (χ1) is 14.5. The first-order valence-corrected chi connectivity index (χ1v) is 10.0. The molecule has 154 valence electrons. The summed E-state index contributed by atoms with van der Waals surface area (Å²) in [6.07, 6.45) is 4.77. The SMILES string of the molecule is Cc1cc(C)nc(N2CC3(CCCN3C(=O)c3c(F)cccc3-n3nccn3)C2)n1. The molecule has 1 aromatic carbocycles. The van der Waals surface area contributed by atoms with Crippen LogP contribution in [0.4, 0.5) is 10.3 Å². The first kappa shape index (κ1) is 18.7. The van der Waals surface area contributed by atoms with Crippen LogP contribution in [0.15, 0.2) is 36.7 Å². The van der Waals surface area contributed by atoms with E-state index in [0.717, 1.165) is 24.2 Å². The summed E-state index contributed by atoms with van der Waals surface area (Å²) in [6, 6.07) is 6.47. The molecular formula is C21H22FN7O. The summed E-state index contributed by atoms with van der Waals surface area (Å²) in [5.41, 5.74) is 1.87. The van der Waals surface area contributed by atoms with Gasteiger partial charge in [0.2, 0.25) is 5.95 Å². The van der Waals surface area contributed by atoms with E-state index in [1.165, 1.54) is 23.3 Å². The van der Waals surface area contributed by atoms with Crippen LogP contribution in [0.2, 0.25) is 0 Å². The Morgan fingerprint density at radius 2 is 1.80 bits per heavy atom. The summed E-state index contributed by atoms with van der Waals surface area (Å²) in [7, 11) is 0. The van der Waals surface area contributed by atoms with Crippen LogP contribution >= 0.6 is 0 Å². The fourth-order valence-electron chi connectivity index (χ4n) is 4.60. The lowest BCUT2D eigenvalue weighted by molar-refractivity contribution is 0.0517. The molecule has 9 heteroatoms. The minimum Gasteiger partial charge on any atom is -0.336 e. The summed E-state index contributed by atoms with van der Waals surface area (Å²) < 4.78 is 14.8. The number of aryl methyl sites for hydroxylation is 2. The van der Waals surface area contributed by atoms with E-state index in [2.05, 4.69) is 25.1 Å². The molecule has 0 aliphatic carbocycles. The maximum absolute atomic E-state index is 14.8. The van der Waals surface area contributed by atoms with Gasteiger partial charge in [-0.1, -0.05) is 6.07 Å². The van der Waals surface area contributed by atoms with E-state index in [1.807, 2.05) is 24.8 Å². The Bertz CT molecular complexity index is 1090. The van der Waals surface area contributed by atoms with Crippen molar-refractivity contribution in [1.29, 1.82) is 0 Å². The van der Waals surface area contributed by atoms with Crippen LogP contribution in [0.5, 0.6) is 0 Å². The third-order valence-electron chi connectivity index (χ3n) is 5.90. The number of rotatable bonds is 3. The Labute approximate surface area is 173 Å². The number of halogens is 1. The van der Waals surface area contributed by atoms with Crippen LogP contribution in [0.3, 0.4) is 0 Å². The minimum atomic E-state index is -0.564. The second-order valence-electron chi connectivity index (χ2n) is 8.04. The second kappa shape index (κ2) is 6.86. The summed E-state index contributed by atoms with van der Waals surface area (Å²) in [4.78, 5) is 27.8. The average Bonchev–Trinajstić information content (AvgIpc) is 3.35. The van der Waals surface area contributed by atoms with Crippen molar-refractivity contribution in [3.05, 3.63) is 59.4 Å². The van der Waals surface area contributed by atoms with Crippen LogP contribution in [-0.4, -0.2) is 60.9 Å². The normalized spacial score (nSPS) is 17.4. The molecule has 8 nitrogen and oxygen atoms in total. The molecule has 3 aromatic rings. The monoisotopic (exact) mass is 407 g/mol. The Morgan fingerprint density at radius 1 is 1.10 bits per heavy atom. The highest BCUT2D eigenvalue weighted by Gasteiger charge is 2.53. The third kappa shape index (κ3) is 2.92. The van der Waals surface area contributed by atoms with Gasteiger partial charge in [-0.2, -0.15) is 15.0 Å². The van der Waals surface area contributed by atoms with E-state index in [0.29, 0.717) is 31.3 Å². The fourth-order valence-corrected chi connectivity index (χ4v) is 4.60. The van der Waals surface area contributed by atoms with Crippen molar-refractivity contribution in [2.75, 3.05) is 24.5 Å².